The molecule has 98 valence electrons. The molecule has 0 atom stereocenters. The Bertz CT molecular complexity index is 601. The lowest BCUT2D eigenvalue weighted by Crippen LogP contribution is -2.14. The van der Waals surface area contributed by atoms with Gasteiger partial charge in [0.05, 0.1) is 11.3 Å². The third kappa shape index (κ3) is 3.52. The van der Waals surface area contributed by atoms with Crippen LogP contribution in [0.4, 0.5) is 11.5 Å². The molecular formula is C12H10Br2N4O. The van der Waals surface area contributed by atoms with E-state index in [1.165, 1.54) is 6.20 Å². The average Bonchev–Trinajstić information content (AvgIpc) is 2.43. The van der Waals surface area contributed by atoms with Crippen molar-refractivity contribution in [1.29, 1.82) is 0 Å². The number of hydrazine groups is 1. The number of amides is 1. The molecular weight excluding hydrogens is 376 g/mol. The second kappa shape index (κ2) is 6.14. The van der Waals surface area contributed by atoms with Crippen LogP contribution in [-0.2, 0) is 0 Å². The van der Waals surface area contributed by atoms with Gasteiger partial charge in [0.25, 0.3) is 5.91 Å². The van der Waals surface area contributed by atoms with Gasteiger partial charge in [-0.15, -0.1) is 0 Å². The maximum Gasteiger partial charge on any atom is 0.257 e. The van der Waals surface area contributed by atoms with Crippen LogP contribution in [0.25, 0.3) is 0 Å². The van der Waals surface area contributed by atoms with Crippen LogP contribution in [0.3, 0.4) is 0 Å². The Morgan fingerprint density at radius 1 is 1.21 bits per heavy atom. The summed E-state index contributed by atoms with van der Waals surface area (Å²) in [7, 11) is 0. The molecule has 0 fully saturated rings. The maximum atomic E-state index is 12.0. The molecule has 19 heavy (non-hydrogen) atoms. The number of nitrogens with two attached hydrogens (primary N) is 1. The number of benzene rings is 1. The third-order valence-corrected chi connectivity index (χ3v) is 3.53. The predicted octanol–water partition coefficient (Wildman–Crippen LogP) is 3.14. The van der Waals surface area contributed by atoms with Gasteiger partial charge in [-0.05, 0) is 46.3 Å². The van der Waals surface area contributed by atoms with Crippen LogP contribution in [0, 0.1) is 0 Å². The minimum absolute atomic E-state index is 0.241. The highest BCUT2D eigenvalue weighted by atomic mass is 79.9. The molecule has 1 aromatic heterocycles. The van der Waals surface area contributed by atoms with Crippen molar-refractivity contribution in [2.24, 2.45) is 5.84 Å². The molecule has 4 N–H and O–H groups in total. The first-order chi connectivity index (χ1) is 9.10. The Morgan fingerprint density at radius 2 is 2.00 bits per heavy atom. The summed E-state index contributed by atoms with van der Waals surface area (Å²) in [5, 5.41) is 2.80. The van der Waals surface area contributed by atoms with Crippen LogP contribution in [0.2, 0.25) is 0 Å². The molecule has 0 bridgehead atoms. The Balaban J connectivity index is 2.18. The first kappa shape index (κ1) is 14.0. The zero-order valence-electron chi connectivity index (χ0n) is 9.65. The average molecular weight is 386 g/mol. The summed E-state index contributed by atoms with van der Waals surface area (Å²) in [5.41, 5.74) is 3.53. The number of pyridine rings is 1. The van der Waals surface area contributed by atoms with E-state index in [9.17, 15) is 4.79 Å². The number of rotatable bonds is 3. The summed E-state index contributed by atoms with van der Waals surface area (Å²) in [6, 6.07) is 8.81. The van der Waals surface area contributed by atoms with Crippen LogP contribution in [-0.4, -0.2) is 10.9 Å². The number of carbonyl (C=O) groups excluding carboxylic acids is 1. The standard InChI is InChI=1S/C12H10Br2N4O/c13-8-2-3-9(14)10(5-8)17-12(19)7-1-4-11(18-15)16-6-7/h1-6H,15H2,(H,16,18)(H,17,19). The second-order valence-electron chi connectivity index (χ2n) is 3.65. The minimum Gasteiger partial charge on any atom is -0.321 e. The van der Waals surface area contributed by atoms with Gasteiger partial charge in [0.15, 0.2) is 0 Å². The number of hydrogen-bond acceptors (Lipinski definition) is 4. The van der Waals surface area contributed by atoms with Gasteiger partial charge in [0.2, 0.25) is 0 Å². The SMILES string of the molecule is NNc1ccc(C(=O)Nc2cc(Br)ccc2Br)cn1. The molecule has 2 aromatic rings. The molecule has 5 nitrogen and oxygen atoms in total. The van der Waals surface area contributed by atoms with Crippen molar-refractivity contribution in [3.05, 3.63) is 51.0 Å². The van der Waals surface area contributed by atoms with E-state index in [1.54, 1.807) is 12.1 Å². The Kier molecular flexibility index (Phi) is 4.52. The van der Waals surface area contributed by atoms with Crippen LogP contribution in [0.5, 0.6) is 0 Å². The molecule has 7 heteroatoms. The highest BCUT2D eigenvalue weighted by Crippen LogP contribution is 2.26. The molecule has 0 saturated heterocycles. The van der Waals surface area contributed by atoms with Gasteiger partial charge >= 0.3 is 0 Å². The monoisotopic (exact) mass is 384 g/mol. The molecule has 1 aromatic carbocycles. The van der Waals surface area contributed by atoms with E-state index in [2.05, 4.69) is 47.6 Å². The van der Waals surface area contributed by atoms with Crippen LogP contribution in [0.1, 0.15) is 10.4 Å². The smallest absolute Gasteiger partial charge is 0.257 e. The van der Waals surface area contributed by atoms with Crippen LogP contribution >= 0.6 is 31.9 Å². The van der Waals surface area contributed by atoms with E-state index in [1.807, 2.05) is 18.2 Å². The topological polar surface area (TPSA) is 80.0 Å². The summed E-state index contributed by atoms with van der Waals surface area (Å²) in [6.45, 7) is 0. The fourth-order valence-electron chi connectivity index (χ4n) is 1.40. The molecule has 0 saturated carbocycles. The number of carbonyl (C=O) groups is 1. The molecule has 0 aliphatic rings. The normalized spacial score (nSPS) is 10.1. The fourth-order valence-corrected chi connectivity index (χ4v) is 2.11. The lowest BCUT2D eigenvalue weighted by molar-refractivity contribution is 0.102. The molecule has 0 aliphatic carbocycles. The van der Waals surface area contributed by atoms with Gasteiger partial charge < -0.3 is 10.7 Å². The largest absolute Gasteiger partial charge is 0.321 e. The van der Waals surface area contributed by atoms with Gasteiger partial charge in [0.1, 0.15) is 5.82 Å². The van der Waals surface area contributed by atoms with Gasteiger partial charge in [-0.1, -0.05) is 15.9 Å². The quantitative estimate of drug-likeness (QED) is 0.560. The van der Waals surface area contributed by atoms with Gasteiger partial charge in [-0.3, -0.25) is 4.79 Å². The van der Waals surface area contributed by atoms with Crippen molar-refractivity contribution >= 4 is 49.3 Å². The number of nitrogens with one attached hydrogen (secondary N) is 2. The highest BCUT2D eigenvalue weighted by Gasteiger charge is 2.09. The van der Waals surface area contributed by atoms with E-state index in [4.69, 9.17) is 5.84 Å². The summed E-state index contributed by atoms with van der Waals surface area (Å²) in [6.07, 6.45) is 1.45. The molecule has 2 rings (SSSR count). The number of hydrogen-bond donors (Lipinski definition) is 3. The predicted molar refractivity (Wildman–Crippen MR) is 81.8 cm³/mol. The van der Waals surface area contributed by atoms with Crippen molar-refractivity contribution in [1.82, 2.24) is 4.98 Å². The lowest BCUT2D eigenvalue weighted by atomic mass is 10.2. The van der Waals surface area contributed by atoms with E-state index >= 15 is 0 Å². The van der Waals surface area contributed by atoms with E-state index in [-0.39, 0.29) is 5.91 Å². The Labute approximate surface area is 126 Å². The number of halogens is 2. The van der Waals surface area contributed by atoms with Crippen LogP contribution < -0.4 is 16.6 Å². The van der Waals surface area contributed by atoms with E-state index in [0.717, 1.165) is 8.95 Å². The summed E-state index contributed by atoms with van der Waals surface area (Å²) in [5.74, 6) is 5.47. The molecule has 0 radical (unpaired) electrons. The van der Waals surface area contributed by atoms with Crippen LogP contribution in [0.15, 0.2) is 45.5 Å². The highest BCUT2D eigenvalue weighted by molar-refractivity contribution is 9.11. The first-order valence-corrected chi connectivity index (χ1v) is 6.88. The molecule has 0 unspecified atom stereocenters. The van der Waals surface area contributed by atoms with E-state index in [0.29, 0.717) is 17.1 Å². The maximum absolute atomic E-state index is 12.0. The van der Waals surface area contributed by atoms with Crippen molar-refractivity contribution in [2.45, 2.75) is 0 Å². The Morgan fingerprint density at radius 3 is 2.63 bits per heavy atom. The van der Waals surface area contributed by atoms with Crippen molar-refractivity contribution in [3.63, 3.8) is 0 Å². The number of anilines is 2. The number of nitrogens with zero attached hydrogens (tertiary/aromatic N) is 1. The lowest BCUT2D eigenvalue weighted by Gasteiger charge is -2.08. The summed E-state index contributed by atoms with van der Waals surface area (Å²) in [4.78, 5) is 16.0. The fraction of sp³-hybridized carbons (Fsp3) is 0. The van der Waals surface area contributed by atoms with Gasteiger partial charge in [-0.2, -0.15) is 0 Å². The number of nitrogen functional groups attached to an aromatic ring is 1. The molecule has 0 spiro atoms. The first-order valence-electron chi connectivity index (χ1n) is 5.29. The van der Waals surface area contributed by atoms with E-state index < -0.39 is 0 Å². The minimum atomic E-state index is -0.241. The number of aromatic nitrogens is 1. The molecule has 1 amide bonds. The molecule has 1 heterocycles. The zero-order chi connectivity index (χ0) is 13.8. The van der Waals surface area contributed by atoms with Crippen molar-refractivity contribution < 1.29 is 4.79 Å². The third-order valence-electron chi connectivity index (χ3n) is 2.35. The van der Waals surface area contributed by atoms with Gasteiger partial charge in [0, 0.05) is 15.1 Å². The molecule has 0 aliphatic heterocycles. The summed E-state index contributed by atoms with van der Waals surface area (Å²) >= 11 is 6.73. The Hall–Kier alpha value is -1.44. The van der Waals surface area contributed by atoms with Crippen molar-refractivity contribution in [2.75, 3.05) is 10.7 Å². The van der Waals surface area contributed by atoms with Crippen molar-refractivity contribution in [3.8, 4) is 0 Å². The zero-order valence-corrected chi connectivity index (χ0v) is 12.8. The summed E-state index contributed by atoms with van der Waals surface area (Å²) < 4.78 is 1.68. The van der Waals surface area contributed by atoms with Gasteiger partial charge in [-0.25, -0.2) is 10.8 Å². The second-order valence-corrected chi connectivity index (χ2v) is 5.42.